The molecule has 1 amide bonds. The Balaban J connectivity index is 0.000000708. The Morgan fingerprint density at radius 1 is 1.10 bits per heavy atom. The Morgan fingerprint density at radius 3 is 2.17 bits per heavy atom. The smallest absolute Gasteiger partial charge is 0.475 e. The van der Waals surface area contributed by atoms with Gasteiger partial charge in [0, 0.05) is 17.1 Å². The standard InChI is InChI=1S/C20H19BrN4O4S4.C2HF3O2/c1-12(26)24-14-6-4-8-16(10-14)33(28,29)25-32(27,15-7-3-5-13(21)9-15)18-11-17(19(22)23)31-20(18)30-2;3-2(4,5)1(6)7/h3-11H,1-2H3,(H3,22,23)(H,24,26);(H,6,7). The van der Waals surface area contributed by atoms with Crippen LogP contribution in [0.25, 0.3) is 0 Å². The predicted molar refractivity (Wildman–Crippen MR) is 150 cm³/mol. The molecule has 216 valence electrons. The number of nitrogens with two attached hydrogens (primary N) is 1. The number of aliphatic carboxylic acids is 1. The first-order valence-electron chi connectivity index (χ1n) is 10.4. The lowest BCUT2D eigenvalue weighted by Gasteiger charge is -2.12. The van der Waals surface area contributed by atoms with E-state index in [2.05, 4.69) is 25.0 Å². The van der Waals surface area contributed by atoms with E-state index in [4.69, 9.17) is 21.0 Å². The molecule has 0 aliphatic heterocycles. The summed E-state index contributed by atoms with van der Waals surface area (Å²) in [5.41, 5.74) is 5.90. The number of alkyl halides is 3. The minimum atomic E-state index is -5.08. The number of rotatable bonds is 7. The zero-order valence-electron chi connectivity index (χ0n) is 20.4. The maximum atomic E-state index is 14.5. The first kappa shape index (κ1) is 33.3. The maximum Gasteiger partial charge on any atom is 0.490 e. The fourth-order valence-electron chi connectivity index (χ4n) is 2.79. The number of thiophene rings is 1. The Bertz CT molecular complexity index is 1680. The SMILES string of the molecule is CSc1sc(C(=N)N)cc1S(=O)(=NS(=O)(=O)c1cccc(NC(C)=O)c1)c1cccc(Br)c1.O=C(O)C(F)(F)F. The molecular weight excluding hydrogens is 681 g/mol. The topological polar surface area (TPSA) is 180 Å². The van der Waals surface area contributed by atoms with Gasteiger partial charge in [0.05, 0.1) is 23.8 Å². The summed E-state index contributed by atoms with van der Waals surface area (Å²) in [7, 11) is -8.14. The quantitative estimate of drug-likeness (QED) is 0.144. The van der Waals surface area contributed by atoms with Crippen molar-refractivity contribution >= 4 is 82.2 Å². The molecule has 0 saturated heterocycles. The van der Waals surface area contributed by atoms with E-state index in [1.54, 1.807) is 24.5 Å². The van der Waals surface area contributed by atoms with Crippen LogP contribution in [0.2, 0.25) is 0 Å². The highest BCUT2D eigenvalue weighted by atomic mass is 79.9. The number of amidine groups is 1. The fourth-order valence-corrected chi connectivity index (χ4v) is 9.93. The molecule has 0 radical (unpaired) electrons. The normalized spacial score (nSPS) is 12.8. The van der Waals surface area contributed by atoms with Gasteiger partial charge in [-0.1, -0.05) is 31.8 Å². The van der Waals surface area contributed by atoms with Crippen molar-refractivity contribution < 1.29 is 40.5 Å². The van der Waals surface area contributed by atoms with E-state index in [9.17, 15) is 30.6 Å². The third kappa shape index (κ3) is 8.53. The second-order valence-corrected chi connectivity index (χ2v) is 14.4. The van der Waals surface area contributed by atoms with Crippen molar-refractivity contribution in [3.8, 4) is 0 Å². The molecule has 1 unspecified atom stereocenters. The number of carboxylic acid groups (broad SMARTS) is 1. The average molecular weight is 702 g/mol. The van der Waals surface area contributed by atoms with Gasteiger partial charge in [-0.15, -0.1) is 23.1 Å². The van der Waals surface area contributed by atoms with Gasteiger partial charge in [0.1, 0.15) is 15.6 Å². The highest BCUT2D eigenvalue weighted by molar-refractivity contribution is 9.10. The second-order valence-electron chi connectivity index (χ2n) is 7.42. The van der Waals surface area contributed by atoms with Gasteiger partial charge in [0.25, 0.3) is 10.0 Å². The van der Waals surface area contributed by atoms with Crippen LogP contribution < -0.4 is 11.1 Å². The van der Waals surface area contributed by atoms with Crippen molar-refractivity contribution in [3.63, 3.8) is 0 Å². The summed E-state index contributed by atoms with van der Waals surface area (Å²) in [4.78, 5) is 20.8. The van der Waals surface area contributed by atoms with Crippen LogP contribution in [0.5, 0.6) is 0 Å². The van der Waals surface area contributed by atoms with E-state index < -0.39 is 31.9 Å². The minimum absolute atomic E-state index is 0.171. The molecule has 1 atom stereocenters. The molecule has 0 saturated carbocycles. The molecule has 0 bridgehead atoms. The molecule has 0 spiro atoms. The fraction of sp³-hybridized carbons (Fsp3) is 0.136. The summed E-state index contributed by atoms with van der Waals surface area (Å²) in [5, 5.41) is 17.4. The molecule has 0 aliphatic rings. The Kier molecular flexibility index (Phi) is 10.9. The van der Waals surface area contributed by atoms with Crippen molar-refractivity contribution in [3.05, 3.63) is 63.9 Å². The van der Waals surface area contributed by atoms with Crippen molar-refractivity contribution in [2.45, 2.75) is 32.0 Å². The van der Waals surface area contributed by atoms with Gasteiger partial charge in [0.2, 0.25) is 5.91 Å². The number of sulfonamides is 1. The largest absolute Gasteiger partial charge is 0.490 e. The summed E-state index contributed by atoms with van der Waals surface area (Å²) < 4.78 is 77.9. The first-order valence-corrected chi connectivity index (χ1v) is 16.2. The highest BCUT2D eigenvalue weighted by Crippen LogP contribution is 2.39. The zero-order chi connectivity index (χ0) is 30.5. The number of halogens is 4. The van der Waals surface area contributed by atoms with Gasteiger partial charge in [-0.05, 0) is 48.7 Å². The number of carboxylic acids is 1. The summed E-state index contributed by atoms with van der Waals surface area (Å²) in [6, 6.07) is 13.5. The van der Waals surface area contributed by atoms with E-state index in [1.165, 1.54) is 55.1 Å². The molecule has 3 aromatic rings. The lowest BCUT2D eigenvalue weighted by molar-refractivity contribution is -0.192. The number of anilines is 1. The Hall–Kier alpha value is -2.93. The van der Waals surface area contributed by atoms with Crippen molar-refractivity contribution in [1.82, 2.24) is 0 Å². The van der Waals surface area contributed by atoms with Gasteiger partial charge in [-0.25, -0.2) is 9.00 Å². The summed E-state index contributed by atoms with van der Waals surface area (Å²) >= 11 is 5.74. The zero-order valence-corrected chi connectivity index (χ0v) is 25.2. The van der Waals surface area contributed by atoms with E-state index in [-0.39, 0.29) is 32.1 Å². The lowest BCUT2D eigenvalue weighted by atomic mass is 10.3. The molecule has 2 aromatic carbocycles. The predicted octanol–water partition coefficient (Wildman–Crippen LogP) is 5.38. The number of nitrogens with zero attached hydrogens (tertiary/aromatic N) is 1. The molecule has 0 aliphatic carbocycles. The van der Waals surface area contributed by atoms with Crippen LogP contribution in [0.1, 0.15) is 11.8 Å². The number of hydrogen-bond acceptors (Lipinski definition) is 8. The number of thioether (sulfide) groups is 1. The van der Waals surface area contributed by atoms with E-state index >= 15 is 0 Å². The molecule has 0 fully saturated rings. The highest BCUT2D eigenvalue weighted by Gasteiger charge is 2.38. The molecular formula is C22H20BrF3N4O6S4. The second kappa shape index (κ2) is 13.2. The van der Waals surface area contributed by atoms with E-state index in [0.717, 1.165) is 11.3 Å². The molecule has 5 N–H and O–H groups in total. The van der Waals surface area contributed by atoms with Crippen molar-refractivity contribution in [1.29, 1.82) is 5.41 Å². The third-order valence-electron chi connectivity index (χ3n) is 4.43. The van der Waals surface area contributed by atoms with Gasteiger partial charge in [-0.3, -0.25) is 10.2 Å². The average Bonchev–Trinajstić information content (AvgIpc) is 3.29. The summed E-state index contributed by atoms with van der Waals surface area (Å²) in [6.45, 7) is 1.30. The van der Waals surface area contributed by atoms with Gasteiger partial charge >= 0.3 is 12.1 Å². The van der Waals surface area contributed by atoms with Gasteiger partial charge < -0.3 is 16.2 Å². The molecule has 1 aromatic heterocycles. The maximum absolute atomic E-state index is 14.5. The minimum Gasteiger partial charge on any atom is -0.475 e. The third-order valence-corrected chi connectivity index (χ3v) is 11.8. The molecule has 3 rings (SSSR count). The van der Waals surface area contributed by atoms with Crippen LogP contribution >= 0.6 is 39.0 Å². The molecule has 40 heavy (non-hydrogen) atoms. The summed E-state index contributed by atoms with van der Waals surface area (Å²) in [5.74, 6) is -3.34. The number of nitrogen functional groups attached to an aromatic ring is 1. The first-order chi connectivity index (χ1) is 18.4. The van der Waals surface area contributed by atoms with Gasteiger partial charge in [-0.2, -0.15) is 21.6 Å². The van der Waals surface area contributed by atoms with E-state index in [0.29, 0.717) is 13.6 Å². The van der Waals surface area contributed by atoms with Crippen LogP contribution in [0, 0.1) is 5.41 Å². The molecule has 18 heteroatoms. The lowest BCUT2D eigenvalue weighted by Crippen LogP contribution is -2.21. The number of carbonyl (C=O) groups excluding carboxylic acids is 1. The Morgan fingerprint density at radius 2 is 1.68 bits per heavy atom. The monoisotopic (exact) mass is 700 g/mol. The number of benzene rings is 2. The Labute approximate surface area is 244 Å². The number of amides is 1. The van der Waals surface area contributed by atoms with Crippen molar-refractivity contribution in [2.24, 2.45) is 9.50 Å². The number of carbonyl (C=O) groups is 2. The number of hydrogen-bond donors (Lipinski definition) is 4. The van der Waals surface area contributed by atoms with Crippen LogP contribution in [0.4, 0.5) is 18.9 Å². The van der Waals surface area contributed by atoms with Crippen LogP contribution in [0.15, 0.2) is 81.7 Å². The molecule has 10 nitrogen and oxygen atoms in total. The van der Waals surface area contributed by atoms with Crippen molar-refractivity contribution in [2.75, 3.05) is 11.6 Å². The van der Waals surface area contributed by atoms with Gasteiger partial charge in [0.15, 0.2) is 0 Å². The van der Waals surface area contributed by atoms with E-state index in [1.807, 2.05) is 0 Å². The molecule has 1 heterocycles. The van der Waals surface area contributed by atoms with Crippen LogP contribution in [-0.4, -0.2) is 47.9 Å². The summed E-state index contributed by atoms with van der Waals surface area (Å²) in [6.07, 6.45) is -3.33. The number of nitrogens with one attached hydrogen (secondary N) is 2. The van der Waals surface area contributed by atoms with Crippen LogP contribution in [-0.2, 0) is 29.3 Å². The van der Waals surface area contributed by atoms with Crippen LogP contribution in [0.3, 0.4) is 0 Å².